The SMILES string of the molecule is CN(C)c1ccnc(CNC(=O)c2cccnc2)n1. The Hall–Kier alpha value is -2.50. The average Bonchev–Trinajstić information content (AvgIpc) is 2.46. The van der Waals surface area contributed by atoms with Crippen molar-refractivity contribution in [2.75, 3.05) is 19.0 Å². The third-order valence-corrected chi connectivity index (χ3v) is 2.48. The minimum absolute atomic E-state index is 0.188. The van der Waals surface area contributed by atoms with Gasteiger partial charge in [0.25, 0.3) is 5.91 Å². The van der Waals surface area contributed by atoms with Crippen LogP contribution in [0.3, 0.4) is 0 Å². The van der Waals surface area contributed by atoms with Gasteiger partial charge in [0.05, 0.1) is 12.1 Å². The zero-order valence-corrected chi connectivity index (χ0v) is 10.9. The van der Waals surface area contributed by atoms with E-state index in [2.05, 4.69) is 20.3 Å². The summed E-state index contributed by atoms with van der Waals surface area (Å²) < 4.78 is 0. The average molecular weight is 257 g/mol. The molecule has 2 aromatic heterocycles. The molecule has 2 rings (SSSR count). The number of amides is 1. The lowest BCUT2D eigenvalue weighted by Gasteiger charge is -2.11. The fourth-order valence-electron chi connectivity index (χ4n) is 1.48. The quantitative estimate of drug-likeness (QED) is 0.880. The Morgan fingerprint density at radius 3 is 2.84 bits per heavy atom. The van der Waals surface area contributed by atoms with Crippen molar-refractivity contribution >= 4 is 11.7 Å². The molecule has 6 nitrogen and oxygen atoms in total. The van der Waals surface area contributed by atoms with Gasteiger partial charge in [-0.25, -0.2) is 9.97 Å². The molecule has 2 aromatic rings. The van der Waals surface area contributed by atoms with Gasteiger partial charge in [0, 0.05) is 32.7 Å². The molecule has 98 valence electrons. The maximum absolute atomic E-state index is 11.8. The van der Waals surface area contributed by atoms with E-state index in [9.17, 15) is 4.79 Å². The largest absolute Gasteiger partial charge is 0.363 e. The molecule has 0 aliphatic rings. The van der Waals surface area contributed by atoms with E-state index in [1.165, 1.54) is 6.20 Å². The van der Waals surface area contributed by atoms with E-state index in [4.69, 9.17) is 0 Å². The lowest BCUT2D eigenvalue weighted by atomic mass is 10.3. The van der Waals surface area contributed by atoms with Gasteiger partial charge in [-0.2, -0.15) is 0 Å². The van der Waals surface area contributed by atoms with Crippen LogP contribution in [-0.2, 0) is 6.54 Å². The van der Waals surface area contributed by atoms with Crippen LogP contribution in [-0.4, -0.2) is 35.0 Å². The van der Waals surface area contributed by atoms with Crippen LogP contribution in [0.4, 0.5) is 5.82 Å². The molecule has 2 heterocycles. The number of nitrogens with zero attached hydrogens (tertiary/aromatic N) is 4. The maximum Gasteiger partial charge on any atom is 0.253 e. The fraction of sp³-hybridized carbons (Fsp3) is 0.231. The third-order valence-electron chi connectivity index (χ3n) is 2.48. The molecule has 0 aromatic carbocycles. The number of rotatable bonds is 4. The Kier molecular flexibility index (Phi) is 4.02. The minimum Gasteiger partial charge on any atom is -0.363 e. The van der Waals surface area contributed by atoms with Crippen molar-refractivity contribution < 1.29 is 4.79 Å². The predicted molar refractivity (Wildman–Crippen MR) is 71.8 cm³/mol. The van der Waals surface area contributed by atoms with Gasteiger partial charge in [-0.15, -0.1) is 0 Å². The summed E-state index contributed by atoms with van der Waals surface area (Å²) in [6.45, 7) is 0.287. The van der Waals surface area contributed by atoms with E-state index >= 15 is 0 Å². The molecule has 0 saturated heterocycles. The summed E-state index contributed by atoms with van der Waals surface area (Å²) in [5.74, 6) is 1.19. The van der Waals surface area contributed by atoms with Crippen LogP contribution in [0.25, 0.3) is 0 Å². The predicted octanol–water partition coefficient (Wildman–Crippen LogP) is 0.868. The van der Waals surface area contributed by atoms with E-state index in [0.29, 0.717) is 11.4 Å². The Bertz CT molecular complexity index is 556. The van der Waals surface area contributed by atoms with E-state index in [-0.39, 0.29) is 12.5 Å². The Balaban J connectivity index is 1.99. The second-order valence-corrected chi connectivity index (χ2v) is 4.15. The van der Waals surface area contributed by atoms with Gasteiger partial charge in [0.15, 0.2) is 0 Å². The molecule has 6 heteroatoms. The number of pyridine rings is 1. The van der Waals surface area contributed by atoms with E-state index in [1.807, 2.05) is 25.1 Å². The highest BCUT2D eigenvalue weighted by molar-refractivity contribution is 5.93. The normalized spacial score (nSPS) is 10.0. The highest BCUT2D eigenvalue weighted by Crippen LogP contribution is 2.05. The first kappa shape index (κ1) is 12.9. The molecule has 0 spiro atoms. The van der Waals surface area contributed by atoms with E-state index in [1.54, 1.807) is 24.5 Å². The molecule has 1 N–H and O–H groups in total. The van der Waals surface area contributed by atoms with E-state index in [0.717, 1.165) is 5.82 Å². The molecule has 0 radical (unpaired) electrons. The monoisotopic (exact) mass is 257 g/mol. The Morgan fingerprint density at radius 1 is 1.32 bits per heavy atom. The number of hydrogen-bond acceptors (Lipinski definition) is 5. The van der Waals surface area contributed by atoms with Crippen LogP contribution < -0.4 is 10.2 Å². The molecule has 0 aliphatic carbocycles. The van der Waals surface area contributed by atoms with Crippen molar-refractivity contribution in [2.24, 2.45) is 0 Å². The van der Waals surface area contributed by atoms with Gasteiger partial charge in [-0.05, 0) is 18.2 Å². The number of anilines is 1. The summed E-state index contributed by atoms with van der Waals surface area (Å²) in [5, 5.41) is 2.76. The van der Waals surface area contributed by atoms with Crippen molar-refractivity contribution in [3.8, 4) is 0 Å². The van der Waals surface area contributed by atoms with Crippen molar-refractivity contribution in [3.05, 3.63) is 48.2 Å². The summed E-state index contributed by atoms with van der Waals surface area (Å²) >= 11 is 0. The van der Waals surface area contributed by atoms with Crippen molar-refractivity contribution in [3.63, 3.8) is 0 Å². The minimum atomic E-state index is -0.188. The molecule has 0 unspecified atom stereocenters. The summed E-state index contributed by atoms with van der Waals surface area (Å²) in [7, 11) is 3.81. The summed E-state index contributed by atoms with van der Waals surface area (Å²) in [6.07, 6.45) is 4.82. The fourth-order valence-corrected chi connectivity index (χ4v) is 1.48. The number of nitrogens with one attached hydrogen (secondary N) is 1. The molecule has 0 bridgehead atoms. The smallest absolute Gasteiger partial charge is 0.253 e. The van der Waals surface area contributed by atoms with Gasteiger partial charge in [0.2, 0.25) is 0 Å². The Labute approximate surface area is 111 Å². The highest BCUT2D eigenvalue weighted by Gasteiger charge is 2.06. The second-order valence-electron chi connectivity index (χ2n) is 4.15. The number of carbonyl (C=O) groups is 1. The van der Waals surface area contributed by atoms with Crippen LogP contribution in [0.1, 0.15) is 16.2 Å². The first-order valence-electron chi connectivity index (χ1n) is 5.84. The zero-order chi connectivity index (χ0) is 13.7. The molecule has 0 aliphatic heterocycles. The first-order valence-corrected chi connectivity index (χ1v) is 5.84. The summed E-state index contributed by atoms with van der Waals surface area (Å²) in [5.41, 5.74) is 0.520. The Morgan fingerprint density at radius 2 is 2.16 bits per heavy atom. The molecular weight excluding hydrogens is 242 g/mol. The molecule has 19 heavy (non-hydrogen) atoms. The first-order chi connectivity index (χ1) is 9.16. The topological polar surface area (TPSA) is 71.0 Å². The lowest BCUT2D eigenvalue weighted by molar-refractivity contribution is 0.0949. The number of carbonyl (C=O) groups excluding carboxylic acids is 1. The lowest BCUT2D eigenvalue weighted by Crippen LogP contribution is -2.24. The van der Waals surface area contributed by atoms with Gasteiger partial charge in [0.1, 0.15) is 11.6 Å². The van der Waals surface area contributed by atoms with Gasteiger partial charge in [-0.1, -0.05) is 0 Å². The van der Waals surface area contributed by atoms with Crippen molar-refractivity contribution in [2.45, 2.75) is 6.54 Å². The highest BCUT2D eigenvalue weighted by atomic mass is 16.1. The molecule has 0 fully saturated rings. The number of aromatic nitrogens is 3. The van der Waals surface area contributed by atoms with Crippen LogP contribution in [0.15, 0.2) is 36.8 Å². The van der Waals surface area contributed by atoms with Crippen LogP contribution >= 0.6 is 0 Å². The summed E-state index contributed by atoms with van der Waals surface area (Å²) in [6, 6.07) is 5.24. The van der Waals surface area contributed by atoms with Crippen LogP contribution in [0.5, 0.6) is 0 Å². The van der Waals surface area contributed by atoms with Crippen LogP contribution in [0.2, 0.25) is 0 Å². The molecule has 1 amide bonds. The van der Waals surface area contributed by atoms with Gasteiger partial charge < -0.3 is 10.2 Å². The van der Waals surface area contributed by atoms with Gasteiger partial charge in [-0.3, -0.25) is 9.78 Å². The van der Waals surface area contributed by atoms with Crippen molar-refractivity contribution in [1.82, 2.24) is 20.3 Å². The molecule has 0 atom stereocenters. The van der Waals surface area contributed by atoms with Gasteiger partial charge >= 0.3 is 0 Å². The third kappa shape index (κ3) is 3.48. The molecular formula is C13H15N5O. The standard InChI is InChI=1S/C13H15N5O/c1-18(2)12-5-7-15-11(17-12)9-16-13(19)10-4-3-6-14-8-10/h3-8H,9H2,1-2H3,(H,16,19). The van der Waals surface area contributed by atoms with Crippen LogP contribution in [0, 0.1) is 0 Å². The second kappa shape index (κ2) is 5.90. The zero-order valence-electron chi connectivity index (χ0n) is 10.9. The summed E-state index contributed by atoms with van der Waals surface area (Å²) in [4.78, 5) is 26.0. The maximum atomic E-state index is 11.8. The molecule has 0 saturated carbocycles. The number of hydrogen-bond donors (Lipinski definition) is 1. The van der Waals surface area contributed by atoms with Crippen molar-refractivity contribution in [1.29, 1.82) is 0 Å². The van der Waals surface area contributed by atoms with E-state index < -0.39 is 0 Å².